The summed E-state index contributed by atoms with van der Waals surface area (Å²) in [5.41, 5.74) is -0.572. The third-order valence-electron chi connectivity index (χ3n) is 3.85. The average molecular weight is 323 g/mol. The third kappa shape index (κ3) is 9.42. The van der Waals surface area contributed by atoms with Gasteiger partial charge in [-0.25, -0.2) is 9.69 Å². The molecule has 1 aliphatic rings. The predicted octanol–water partition coefficient (Wildman–Crippen LogP) is 5.22. The van der Waals surface area contributed by atoms with Crippen LogP contribution in [0, 0.1) is 0 Å². The second kappa shape index (κ2) is 10.5. The molecule has 0 unspecified atom stereocenters. The lowest BCUT2D eigenvalue weighted by Crippen LogP contribution is -2.41. The van der Waals surface area contributed by atoms with Gasteiger partial charge in [-0.1, -0.05) is 37.8 Å². The quantitative estimate of drug-likeness (QED) is 0.574. The molecule has 0 spiro atoms. The SMILES string of the molecule is CC(C)(C)OC(=O)N1CCCCCCCC/C=C\CCCC1=O. The van der Waals surface area contributed by atoms with Gasteiger partial charge in [0.15, 0.2) is 0 Å². The molecule has 0 aromatic rings. The Hall–Kier alpha value is -1.32. The second-order valence-corrected chi connectivity index (χ2v) is 7.30. The summed E-state index contributed by atoms with van der Waals surface area (Å²) in [5, 5.41) is 0. The number of amides is 2. The summed E-state index contributed by atoms with van der Waals surface area (Å²) in [7, 11) is 0. The lowest BCUT2D eigenvalue weighted by atomic mass is 10.1. The van der Waals surface area contributed by atoms with Gasteiger partial charge in [0.05, 0.1) is 0 Å². The molecule has 0 N–H and O–H groups in total. The number of carbonyl (C=O) groups excluding carboxylic acids is 2. The van der Waals surface area contributed by atoms with Crippen LogP contribution in [0.25, 0.3) is 0 Å². The first kappa shape index (κ1) is 19.7. The summed E-state index contributed by atoms with van der Waals surface area (Å²) in [5.74, 6) is -0.109. The van der Waals surface area contributed by atoms with Crippen molar-refractivity contribution in [3.8, 4) is 0 Å². The Kier molecular flexibility index (Phi) is 8.97. The van der Waals surface area contributed by atoms with Crippen LogP contribution in [0.1, 0.15) is 85.0 Å². The van der Waals surface area contributed by atoms with Gasteiger partial charge in [0.25, 0.3) is 0 Å². The molecule has 0 saturated heterocycles. The first-order chi connectivity index (χ1) is 10.9. The smallest absolute Gasteiger partial charge is 0.417 e. The highest BCUT2D eigenvalue weighted by molar-refractivity contribution is 5.92. The minimum absolute atomic E-state index is 0.109. The average Bonchev–Trinajstić information content (AvgIpc) is 2.45. The normalized spacial score (nSPS) is 21.2. The van der Waals surface area contributed by atoms with Crippen LogP contribution in [0.4, 0.5) is 4.79 Å². The van der Waals surface area contributed by atoms with Crippen LogP contribution < -0.4 is 0 Å². The van der Waals surface area contributed by atoms with Gasteiger partial charge >= 0.3 is 6.09 Å². The Morgan fingerprint density at radius 3 is 2.17 bits per heavy atom. The fourth-order valence-corrected chi connectivity index (χ4v) is 2.62. The van der Waals surface area contributed by atoms with E-state index in [0.29, 0.717) is 13.0 Å². The number of hydrogen-bond donors (Lipinski definition) is 0. The van der Waals surface area contributed by atoms with Gasteiger partial charge in [0.1, 0.15) is 5.60 Å². The maximum Gasteiger partial charge on any atom is 0.417 e. The highest BCUT2D eigenvalue weighted by atomic mass is 16.6. The van der Waals surface area contributed by atoms with Crippen LogP contribution in [0.3, 0.4) is 0 Å². The van der Waals surface area contributed by atoms with E-state index in [2.05, 4.69) is 12.2 Å². The number of hydrogen-bond acceptors (Lipinski definition) is 3. The molecular weight excluding hydrogens is 290 g/mol. The lowest BCUT2D eigenvalue weighted by molar-refractivity contribution is -0.130. The molecule has 2 amide bonds. The van der Waals surface area contributed by atoms with Crippen molar-refractivity contribution < 1.29 is 14.3 Å². The fourth-order valence-electron chi connectivity index (χ4n) is 2.62. The number of carbonyl (C=O) groups is 2. The molecule has 4 heteroatoms. The molecule has 0 atom stereocenters. The summed E-state index contributed by atoms with van der Waals surface area (Å²) in [6.07, 6.45) is 13.9. The minimum Gasteiger partial charge on any atom is -0.443 e. The molecule has 132 valence electrons. The van der Waals surface area contributed by atoms with E-state index in [1.165, 1.54) is 30.6 Å². The zero-order valence-electron chi connectivity index (χ0n) is 15.1. The molecule has 1 rings (SSSR count). The number of ether oxygens (including phenoxy) is 1. The standard InChI is InChI=1S/C19H33NO3/c1-19(2,3)23-18(22)20-16-14-12-10-8-6-4-5-7-9-11-13-15-17(20)21/h7,9H,4-6,8,10-16H2,1-3H3/b9-7-. The summed E-state index contributed by atoms with van der Waals surface area (Å²) in [6.45, 7) is 5.96. The first-order valence-electron chi connectivity index (χ1n) is 9.08. The van der Waals surface area contributed by atoms with Crippen molar-refractivity contribution in [2.24, 2.45) is 0 Å². The molecule has 23 heavy (non-hydrogen) atoms. The first-order valence-corrected chi connectivity index (χ1v) is 9.08. The van der Waals surface area contributed by atoms with Crippen molar-refractivity contribution >= 4 is 12.0 Å². The zero-order chi connectivity index (χ0) is 17.1. The molecule has 1 aliphatic heterocycles. The summed E-state index contributed by atoms with van der Waals surface area (Å²) >= 11 is 0. The van der Waals surface area contributed by atoms with Crippen LogP contribution in [0.2, 0.25) is 0 Å². The van der Waals surface area contributed by atoms with Gasteiger partial charge in [-0.2, -0.15) is 0 Å². The van der Waals surface area contributed by atoms with Gasteiger partial charge in [-0.05, 0) is 52.9 Å². The molecule has 0 bridgehead atoms. The number of nitrogens with zero attached hydrogens (tertiary/aromatic N) is 1. The van der Waals surface area contributed by atoms with Gasteiger partial charge in [-0.3, -0.25) is 4.79 Å². The van der Waals surface area contributed by atoms with E-state index in [9.17, 15) is 9.59 Å². The van der Waals surface area contributed by atoms with Crippen LogP contribution in [0.5, 0.6) is 0 Å². The summed E-state index contributed by atoms with van der Waals surface area (Å²) in [6, 6.07) is 0. The number of rotatable bonds is 0. The van der Waals surface area contributed by atoms with Crippen LogP contribution in [0.15, 0.2) is 12.2 Å². The molecule has 0 fully saturated rings. The maximum atomic E-state index is 12.4. The lowest BCUT2D eigenvalue weighted by Gasteiger charge is -2.26. The van der Waals surface area contributed by atoms with E-state index < -0.39 is 11.7 Å². The maximum absolute atomic E-state index is 12.4. The Labute approximate surface area is 141 Å². The summed E-state index contributed by atoms with van der Waals surface area (Å²) in [4.78, 5) is 26.0. The Morgan fingerprint density at radius 2 is 1.52 bits per heavy atom. The molecule has 4 nitrogen and oxygen atoms in total. The Bertz CT molecular complexity index is 396. The van der Waals surface area contributed by atoms with Crippen LogP contribution >= 0.6 is 0 Å². The van der Waals surface area contributed by atoms with Crippen molar-refractivity contribution in [2.45, 2.75) is 90.6 Å². The highest BCUT2D eigenvalue weighted by Gasteiger charge is 2.26. The van der Waals surface area contributed by atoms with E-state index in [4.69, 9.17) is 4.74 Å². The number of imide groups is 1. The van der Waals surface area contributed by atoms with E-state index in [-0.39, 0.29) is 5.91 Å². The molecule has 1 heterocycles. The molecular formula is C19H33NO3. The largest absolute Gasteiger partial charge is 0.443 e. The Morgan fingerprint density at radius 1 is 0.957 bits per heavy atom. The molecule has 0 aromatic heterocycles. The second-order valence-electron chi connectivity index (χ2n) is 7.30. The van der Waals surface area contributed by atoms with Crippen LogP contribution in [-0.4, -0.2) is 29.0 Å². The van der Waals surface area contributed by atoms with E-state index in [1.807, 2.05) is 20.8 Å². The van der Waals surface area contributed by atoms with E-state index in [0.717, 1.165) is 32.1 Å². The molecule has 0 aromatic carbocycles. The van der Waals surface area contributed by atoms with Crippen molar-refractivity contribution in [3.63, 3.8) is 0 Å². The van der Waals surface area contributed by atoms with Gasteiger partial charge in [0, 0.05) is 13.0 Å². The molecule has 0 aliphatic carbocycles. The topological polar surface area (TPSA) is 46.6 Å². The predicted molar refractivity (Wildman–Crippen MR) is 93.3 cm³/mol. The van der Waals surface area contributed by atoms with Crippen molar-refractivity contribution in [1.29, 1.82) is 0 Å². The molecule has 0 saturated carbocycles. The van der Waals surface area contributed by atoms with Gasteiger partial charge in [0.2, 0.25) is 5.91 Å². The van der Waals surface area contributed by atoms with Gasteiger partial charge in [-0.15, -0.1) is 0 Å². The fraction of sp³-hybridized carbons (Fsp3) is 0.789. The number of allylic oxidation sites excluding steroid dienone is 2. The highest BCUT2D eigenvalue weighted by Crippen LogP contribution is 2.14. The Balaban J connectivity index is 2.63. The van der Waals surface area contributed by atoms with E-state index in [1.54, 1.807) is 0 Å². The van der Waals surface area contributed by atoms with Gasteiger partial charge < -0.3 is 4.74 Å². The third-order valence-corrected chi connectivity index (χ3v) is 3.85. The monoisotopic (exact) mass is 323 g/mol. The van der Waals surface area contributed by atoms with Crippen LogP contribution in [-0.2, 0) is 9.53 Å². The zero-order valence-corrected chi connectivity index (χ0v) is 15.1. The molecule has 0 radical (unpaired) electrons. The van der Waals surface area contributed by atoms with Crippen molar-refractivity contribution in [2.75, 3.05) is 6.54 Å². The van der Waals surface area contributed by atoms with Crippen molar-refractivity contribution in [1.82, 2.24) is 4.90 Å². The van der Waals surface area contributed by atoms with E-state index >= 15 is 0 Å². The van der Waals surface area contributed by atoms with Crippen molar-refractivity contribution in [3.05, 3.63) is 12.2 Å². The minimum atomic E-state index is -0.572. The summed E-state index contributed by atoms with van der Waals surface area (Å²) < 4.78 is 5.39.